The van der Waals surface area contributed by atoms with E-state index < -0.39 is 29.5 Å². The summed E-state index contributed by atoms with van der Waals surface area (Å²) in [5.41, 5.74) is -0.739. The summed E-state index contributed by atoms with van der Waals surface area (Å²) in [6, 6.07) is 1.70. The van der Waals surface area contributed by atoms with Crippen LogP contribution in [-0.2, 0) is 0 Å². The van der Waals surface area contributed by atoms with Gasteiger partial charge in [0.15, 0.2) is 0 Å². The molecular weight excluding hydrogens is 243 g/mol. The molecule has 0 heterocycles. The van der Waals surface area contributed by atoms with Crippen LogP contribution in [0.3, 0.4) is 0 Å². The van der Waals surface area contributed by atoms with Crippen LogP contribution in [0.25, 0.3) is 0 Å². The van der Waals surface area contributed by atoms with Gasteiger partial charge >= 0.3 is 12.3 Å². The van der Waals surface area contributed by atoms with E-state index in [2.05, 4.69) is 0 Å². The van der Waals surface area contributed by atoms with Gasteiger partial charge in [-0.25, -0.2) is 13.2 Å². The third-order valence-electron chi connectivity index (χ3n) is 2.30. The topological polar surface area (TPSA) is 17.1 Å². The monoisotopic (exact) mass is 252 g/mol. The van der Waals surface area contributed by atoms with Crippen molar-refractivity contribution in [1.29, 1.82) is 0 Å². The molecule has 1 aromatic rings. The molecule has 0 spiro atoms. The second-order valence-corrected chi connectivity index (χ2v) is 3.67. The fraction of sp³-hybridized carbons (Fsp3) is 0.364. The lowest BCUT2D eigenvalue weighted by Gasteiger charge is -2.16. The lowest BCUT2D eigenvalue weighted by atomic mass is 9.95. The van der Waals surface area contributed by atoms with E-state index in [-0.39, 0.29) is 11.1 Å². The Morgan fingerprint density at radius 1 is 1.18 bits per heavy atom. The van der Waals surface area contributed by atoms with Crippen molar-refractivity contribution in [1.82, 2.24) is 0 Å². The lowest BCUT2D eigenvalue weighted by Crippen LogP contribution is -2.37. The largest absolute Gasteiger partial charge is 0.368 e. The van der Waals surface area contributed by atoms with E-state index in [0.717, 1.165) is 12.1 Å². The second-order valence-electron chi connectivity index (χ2n) is 3.67. The minimum absolute atomic E-state index is 0.0900. The van der Waals surface area contributed by atoms with Gasteiger partial charge in [-0.15, -0.1) is 0 Å². The van der Waals surface area contributed by atoms with Gasteiger partial charge in [-0.1, -0.05) is 0 Å². The number of hydrogen-bond donors (Lipinski definition) is 0. The summed E-state index contributed by atoms with van der Waals surface area (Å²) in [7, 11) is 0. The van der Waals surface area contributed by atoms with E-state index >= 15 is 0 Å². The van der Waals surface area contributed by atoms with Crippen molar-refractivity contribution >= 4 is 5.78 Å². The van der Waals surface area contributed by atoms with Crippen LogP contribution >= 0.6 is 0 Å². The van der Waals surface area contributed by atoms with E-state index in [9.17, 15) is 26.7 Å². The zero-order valence-electron chi connectivity index (χ0n) is 9.03. The van der Waals surface area contributed by atoms with Gasteiger partial charge in [0.05, 0.1) is 0 Å². The van der Waals surface area contributed by atoms with Gasteiger partial charge in [0.1, 0.15) is 5.82 Å². The molecule has 1 nitrogen and oxygen atoms in total. The molecule has 0 aromatic heterocycles. The maximum atomic E-state index is 12.9. The Balaban J connectivity index is 3.31. The smallest absolute Gasteiger partial charge is 0.287 e. The number of hydrogen-bond acceptors (Lipinski definition) is 1. The van der Waals surface area contributed by atoms with Crippen LogP contribution in [0.5, 0.6) is 0 Å². The van der Waals surface area contributed by atoms with Crippen molar-refractivity contribution in [2.75, 3.05) is 0 Å². The molecule has 6 heteroatoms. The molecule has 0 unspecified atom stereocenters. The Morgan fingerprint density at radius 2 is 1.59 bits per heavy atom. The maximum absolute atomic E-state index is 12.9. The van der Waals surface area contributed by atoms with Crippen LogP contribution < -0.4 is 0 Å². The Labute approximate surface area is 94.2 Å². The number of halogens is 5. The lowest BCUT2D eigenvalue weighted by molar-refractivity contribution is -0.0958. The van der Waals surface area contributed by atoms with Crippen molar-refractivity contribution in [3.63, 3.8) is 0 Å². The molecule has 0 N–H and O–H groups in total. The Kier molecular flexibility index (Phi) is 3.54. The quantitative estimate of drug-likeness (QED) is 0.594. The molecule has 0 fully saturated rings. The Morgan fingerprint density at radius 3 is 1.94 bits per heavy atom. The van der Waals surface area contributed by atoms with Gasteiger partial charge < -0.3 is 0 Å². The highest BCUT2D eigenvalue weighted by Crippen LogP contribution is 2.30. The van der Waals surface area contributed by atoms with Crippen molar-refractivity contribution in [2.45, 2.75) is 26.2 Å². The Hall–Kier alpha value is -1.46. The number of carbonyl (C=O) groups is 1. The molecule has 0 saturated carbocycles. The minimum atomic E-state index is -4.76. The third-order valence-corrected chi connectivity index (χ3v) is 2.30. The molecular formula is C11H9F5O. The standard InChI is InChI=1S/C11H9F5O/c1-5-3-7(12)4-6(2)8(5)9(17)11(15,16)10(13)14/h3-4,10H,1-2H3. The molecule has 94 valence electrons. The van der Waals surface area contributed by atoms with Gasteiger partial charge in [0.25, 0.3) is 0 Å². The fourth-order valence-electron chi connectivity index (χ4n) is 1.53. The molecule has 1 aromatic carbocycles. The van der Waals surface area contributed by atoms with Gasteiger partial charge in [-0.3, -0.25) is 4.79 Å². The van der Waals surface area contributed by atoms with E-state index in [1.54, 1.807) is 0 Å². The van der Waals surface area contributed by atoms with E-state index in [1.807, 2.05) is 0 Å². The highest BCUT2D eigenvalue weighted by atomic mass is 19.3. The highest BCUT2D eigenvalue weighted by molar-refractivity contribution is 6.03. The average molecular weight is 252 g/mol. The first-order valence-corrected chi connectivity index (χ1v) is 4.65. The molecule has 0 aliphatic heterocycles. The SMILES string of the molecule is Cc1cc(F)cc(C)c1C(=O)C(F)(F)C(F)F. The molecule has 0 amide bonds. The second kappa shape index (κ2) is 4.43. The molecule has 17 heavy (non-hydrogen) atoms. The number of benzene rings is 1. The number of carbonyl (C=O) groups excluding carboxylic acids is 1. The van der Waals surface area contributed by atoms with E-state index in [1.165, 1.54) is 13.8 Å². The first-order valence-electron chi connectivity index (χ1n) is 4.65. The van der Waals surface area contributed by atoms with Crippen molar-refractivity contribution < 1.29 is 26.7 Å². The van der Waals surface area contributed by atoms with Crippen LogP contribution in [0, 0.1) is 19.7 Å². The molecule has 0 atom stereocenters. The molecule has 0 aliphatic carbocycles. The predicted molar refractivity (Wildman–Crippen MR) is 51.2 cm³/mol. The summed E-state index contributed by atoms with van der Waals surface area (Å²) in [6.45, 7) is 2.43. The summed E-state index contributed by atoms with van der Waals surface area (Å²) >= 11 is 0. The molecule has 0 bridgehead atoms. The number of Topliss-reactive ketones (excluding diaryl/α,β-unsaturated/α-hetero) is 1. The molecule has 0 saturated heterocycles. The molecule has 0 radical (unpaired) electrons. The summed E-state index contributed by atoms with van der Waals surface area (Å²) in [4.78, 5) is 11.3. The number of alkyl halides is 4. The fourth-order valence-corrected chi connectivity index (χ4v) is 1.53. The minimum Gasteiger partial charge on any atom is -0.287 e. The summed E-state index contributed by atoms with van der Waals surface area (Å²) in [5.74, 6) is -7.45. The van der Waals surface area contributed by atoms with Crippen molar-refractivity contribution in [3.8, 4) is 0 Å². The van der Waals surface area contributed by atoms with Crippen LogP contribution in [0.4, 0.5) is 22.0 Å². The highest BCUT2D eigenvalue weighted by Gasteiger charge is 2.49. The van der Waals surface area contributed by atoms with Crippen LogP contribution in [0.1, 0.15) is 21.5 Å². The zero-order chi connectivity index (χ0) is 13.4. The number of aryl methyl sites for hydroxylation is 2. The average Bonchev–Trinajstić information content (AvgIpc) is 2.15. The van der Waals surface area contributed by atoms with Gasteiger partial charge in [-0.05, 0) is 37.1 Å². The summed E-state index contributed by atoms with van der Waals surface area (Å²) < 4.78 is 62.8. The first-order chi connectivity index (χ1) is 7.67. The normalized spacial score (nSPS) is 12.0. The van der Waals surface area contributed by atoms with E-state index in [0.29, 0.717) is 0 Å². The predicted octanol–water partition coefficient (Wildman–Crippen LogP) is 3.53. The van der Waals surface area contributed by atoms with Crippen molar-refractivity contribution in [2.24, 2.45) is 0 Å². The van der Waals surface area contributed by atoms with Crippen molar-refractivity contribution in [3.05, 3.63) is 34.6 Å². The number of ketones is 1. The number of rotatable bonds is 3. The maximum Gasteiger partial charge on any atom is 0.368 e. The summed E-state index contributed by atoms with van der Waals surface area (Å²) in [6.07, 6.45) is -4.08. The van der Waals surface area contributed by atoms with Crippen LogP contribution in [0.15, 0.2) is 12.1 Å². The van der Waals surface area contributed by atoms with E-state index in [4.69, 9.17) is 0 Å². The van der Waals surface area contributed by atoms with Gasteiger partial charge in [-0.2, -0.15) is 8.78 Å². The Bertz CT molecular complexity index is 430. The molecule has 0 aliphatic rings. The first kappa shape index (κ1) is 13.6. The van der Waals surface area contributed by atoms with Gasteiger partial charge in [0.2, 0.25) is 5.78 Å². The van der Waals surface area contributed by atoms with Crippen LogP contribution in [-0.4, -0.2) is 18.1 Å². The van der Waals surface area contributed by atoms with Gasteiger partial charge in [0, 0.05) is 5.56 Å². The molecule has 1 rings (SSSR count). The van der Waals surface area contributed by atoms with Crippen LogP contribution in [0.2, 0.25) is 0 Å². The third kappa shape index (κ3) is 2.45. The zero-order valence-corrected chi connectivity index (χ0v) is 9.03. The summed E-state index contributed by atoms with van der Waals surface area (Å²) in [5, 5.41) is 0.